The van der Waals surface area contributed by atoms with E-state index in [0.29, 0.717) is 0 Å². The second-order valence-corrected chi connectivity index (χ2v) is 5.50. The van der Waals surface area contributed by atoms with Gasteiger partial charge in [0.25, 0.3) is 0 Å². The normalized spacial score (nSPS) is 27.5. The maximum absolute atomic E-state index is 9.10. The minimum atomic E-state index is 0.0827. The second-order valence-electron chi connectivity index (χ2n) is 5.50. The van der Waals surface area contributed by atoms with Gasteiger partial charge in [-0.1, -0.05) is 6.42 Å². The van der Waals surface area contributed by atoms with E-state index in [2.05, 4.69) is 22.9 Å². The predicted molar refractivity (Wildman–Crippen MR) is 67.9 cm³/mol. The highest BCUT2D eigenvalue weighted by atomic mass is 16.3. The van der Waals surface area contributed by atoms with Gasteiger partial charge in [0.2, 0.25) is 0 Å². The van der Waals surface area contributed by atoms with Crippen LogP contribution >= 0.6 is 0 Å². The van der Waals surface area contributed by atoms with E-state index in [1.807, 2.05) is 0 Å². The molecule has 0 bridgehead atoms. The summed E-state index contributed by atoms with van der Waals surface area (Å²) in [6, 6.07) is 2.05. The predicted octanol–water partition coefficient (Wildman–Crippen LogP) is 2.12. The fraction of sp³-hybridized carbons (Fsp3) is 0.643. The van der Waals surface area contributed by atoms with E-state index in [-0.39, 0.29) is 6.61 Å². The second kappa shape index (κ2) is 4.30. The molecule has 3 heteroatoms. The van der Waals surface area contributed by atoms with E-state index in [1.54, 1.807) is 6.20 Å². The van der Waals surface area contributed by atoms with Gasteiger partial charge >= 0.3 is 0 Å². The Morgan fingerprint density at radius 2 is 2.06 bits per heavy atom. The van der Waals surface area contributed by atoms with Crippen molar-refractivity contribution in [3.63, 3.8) is 0 Å². The monoisotopic (exact) mass is 232 g/mol. The quantitative estimate of drug-likeness (QED) is 0.848. The van der Waals surface area contributed by atoms with Crippen LogP contribution in [0.4, 0.5) is 5.82 Å². The number of hydrogen-bond acceptors (Lipinski definition) is 3. The number of hydrogen-bond donors (Lipinski definition) is 1. The van der Waals surface area contributed by atoms with E-state index in [1.165, 1.54) is 37.9 Å². The average Bonchev–Trinajstić information content (AvgIpc) is 2.89. The standard InChI is InChI=1S/C14H20N2O/c1-10-5-11(9-17)6-15-14(10)16-7-12-3-2-4-13(12)8-16/h5-6,12-13,17H,2-4,7-9H2,1H3. The highest BCUT2D eigenvalue weighted by Gasteiger charge is 2.36. The molecule has 0 amide bonds. The van der Waals surface area contributed by atoms with Crippen molar-refractivity contribution in [2.24, 2.45) is 11.8 Å². The van der Waals surface area contributed by atoms with Crippen LogP contribution in [0.5, 0.6) is 0 Å². The zero-order valence-electron chi connectivity index (χ0n) is 10.4. The Morgan fingerprint density at radius 1 is 1.35 bits per heavy atom. The Kier molecular flexibility index (Phi) is 2.79. The molecule has 1 aliphatic heterocycles. The zero-order valence-corrected chi connectivity index (χ0v) is 10.4. The van der Waals surface area contributed by atoms with Gasteiger partial charge in [0, 0.05) is 19.3 Å². The van der Waals surface area contributed by atoms with Crippen LogP contribution in [0.3, 0.4) is 0 Å². The largest absolute Gasteiger partial charge is 0.392 e. The summed E-state index contributed by atoms with van der Waals surface area (Å²) in [6.45, 7) is 4.53. The van der Waals surface area contributed by atoms with Crippen molar-refractivity contribution in [1.29, 1.82) is 0 Å². The van der Waals surface area contributed by atoms with Crippen molar-refractivity contribution >= 4 is 5.82 Å². The van der Waals surface area contributed by atoms with Crippen LogP contribution in [0.25, 0.3) is 0 Å². The van der Waals surface area contributed by atoms with Gasteiger partial charge in [-0.25, -0.2) is 4.98 Å². The molecule has 1 aliphatic carbocycles. The molecule has 3 rings (SSSR count). The number of fused-ring (bicyclic) bond motifs is 1. The van der Waals surface area contributed by atoms with Crippen LogP contribution in [0, 0.1) is 18.8 Å². The summed E-state index contributed by atoms with van der Waals surface area (Å²) < 4.78 is 0. The van der Waals surface area contributed by atoms with Gasteiger partial charge in [0.15, 0.2) is 0 Å². The molecule has 0 aromatic carbocycles. The van der Waals surface area contributed by atoms with E-state index < -0.39 is 0 Å². The number of aliphatic hydroxyl groups is 1. The highest BCUT2D eigenvalue weighted by molar-refractivity contribution is 5.48. The zero-order chi connectivity index (χ0) is 11.8. The molecule has 0 spiro atoms. The number of aryl methyl sites for hydroxylation is 1. The Bertz CT molecular complexity index is 407. The van der Waals surface area contributed by atoms with E-state index >= 15 is 0 Å². The third-order valence-corrected chi connectivity index (χ3v) is 4.32. The number of anilines is 1. The summed E-state index contributed by atoms with van der Waals surface area (Å²) in [4.78, 5) is 6.96. The highest BCUT2D eigenvalue weighted by Crippen LogP contribution is 2.39. The van der Waals surface area contributed by atoms with E-state index in [0.717, 1.165) is 23.2 Å². The topological polar surface area (TPSA) is 36.4 Å². The molecule has 0 radical (unpaired) electrons. The summed E-state index contributed by atoms with van der Waals surface area (Å²) in [5.41, 5.74) is 2.10. The van der Waals surface area contributed by atoms with Crippen LogP contribution < -0.4 is 4.90 Å². The van der Waals surface area contributed by atoms with Crippen molar-refractivity contribution in [1.82, 2.24) is 4.98 Å². The lowest BCUT2D eigenvalue weighted by molar-refractivity contribution is 0.281. The Balaban J connectivity index is 1.81. The number of pyridine rings is 1. The first-order chi connectivity index (χ1) is 8.28. The van der Waals surface area contributed by atoms with Gasteiger partial charge in [0.1, 0.15) is 5.82 Å². The molecule has 2 atom stereocenters. The van der Waals surface area contributed by atoms with Gasteiger partial charge in [-0.05, 0) is 48.8 Å². The molecule has 2 aliphatic rings. The van der Waals surface area contributed by atoms with Crippen molar-refractivity contribution in [3.05, 3.63) is 23.4 Å². The van der Waals surface area contributed by atoms with Crippen molar-refractivity contribution in [2.75, 3.05) is 18.0 Å². The molecule has 17 heavy (non-hydrogen) atoms. The first-order valence-electron chi connectivity index (χ1n) is 6.59. The first-order valence-corrected chi connectivity index (χ1v) is 6.59. The Hall–Kier alpha value is -1.09. The Morgan fingerprint density at radius 3 is 2.65 bits per heavy atom. The van der Waals surface area contributed by atoms with Crippen molar-refractivity contribution < 1.29 is 5.11 Å². The molecule has 1 saturated heterocycles. The number of rotatable bonds is 2. The van der Waals surface area contributed by atoms with E-state index in [4.69, 9.17) is 5.11 Å². The minimum absolute atomic E-state index is 0.0827. The molecule has 1 saturated carbocycles. The van der Waals surface area contributed by atoms with Gasteiger partial charge in [0.05, 0.1) is 6.61 Å². The molecule has 1 aromatic heterocycles. The molecule has 3 nitrogen and oxygen atoms in total. The molecule has 1 N–H and O–H groups in total. The van der Waals surface area contributed by atoms with Crippen LogP contribution in [-0.2, 0) is 6.61 Å². The molecule has 1 aromatic rings. The summed E-state index contributed by atoms with van der Waals surface area (Å²) in [7, 11) is 0. The molecular weight excluding hydrogens is 212 g/mol. The number of nitrogens with zero attached hydrogens (tertiary/aromatic N) is 2. The van der Waals surface area contributed by atoms with Gasteiger partial charge in [-0.2, -0.15) is 0 Å². The van der Waals surface area contributed by atoms with Crippen molar-refractivity contribution in [3.8, 4) is 0 Å². The first kappa shape index (κ1) is 11.0. The number of aromatic nitrogens is 1. The minimum Gasteiger partial charge on any atom is -0.392 e. The molecule has 2 unspecified atom stereocenters. The molecule has 2 heterocycles. The lowest BCUT2D eigenvalue weighted by Crippen LogP contribution is -2.22. The molecule has 92 valence electrons. The SMILES string of the molecule is Cc1cc(CO)cnc1N1CC2CCCC2C1. The fourth-order valence-electron chi connectivity index (χ4n) is 3.45. The van der Waals surface area contributed by atoms with E-state index in [9.17, 15) is 0 Å². The van der Waals surface area contributed by atoms with Crippen molar-refractivity contribution in [2.45, 2.75) is 32.8 Å². The summed E-state index contributed by atoms with van der Waals surface area (Å²) in [5, 5.41) is 9.10. The van der Waals surface area contributed by atoms with Crippen LogP contribution in [0.15, 0.2) is 12.3 Å². The summed E-state index contributed by atoms with van der Waals surface area (Å²) >= 11 is 0. The van der Waals surface area contributed by atoms with Gasteiger partial charge in [-0.15, -0.1) is 0 Å². The number of aliphatic hydroxyl groups excluding tert-OH is 1. The third-order valence-electron chi connectivity index (χ3n) is 4.32. The van der Waals surface area contributed by atoms with Crippen LogP contribution in [0.2, 0.25) is 0 Å². The maximum atomic E-state index is 9.10. The Labute approximate surface area is 102 Å². The smallest absolute Gasteiger partial charge is 0.131 e. The van der Waals surface area contributed by atoms with Crippen LogP contribution in [-0.4, -0.2) is 23.2 Å². The molecular formula is C14H20N2O. The summed E-state index contributed by atoms with van der Waals surface area (Å²) in [5.74, 6) is 2.92. The van der Waals surface area contributed by atoms with Crippen LogP contribution in [0.1, 0.15) is 30.4 Å². The fourth-order valence-corrected chi connectivity index (χ4v) is 3.45. The summed E-state index contributed by atoms with van der Waals surface area (Å²) in [6.07, 6.45) is 6.01. The lowest BCUT2D eigenvalue weighted by atomic mass is 10.0. The van der Waals surface area contributed by atoms with Gasteiger partial charge in [-0.3, -0.25) is 0 Å². The maximum Gasteiger partial charge on any atom is 0.131 e. The average molecular weight is 232 g/mol. The van der Waals surface area contributed by atoms with Gasteiger partial charge < -0.3 is 10.0 Å². The molecule has 2 fully saturated rings. The third kappa shape index (κ3) is 1.93. The lowest BCUT2D eigenvalue weighted by Gasteiger charge is -2.20.